The Bertz CT molecular complexity index is 1530. The van der Waals surface area contributed by atoms with Crippen LogP contribution in [-0.4, -0.2) is 33.4 Å². The molecule has 6 nitrogen and oxygen atoms in total. The Balaban J connectivity index is 1.28. The maximum absolute atomic E-state index is 13.2. The van der Waals surface area contributed by atoms with Crippen LogP contribution in [0.3, 0.4) is 0 Å². The third-order valence-electron chi connectivity index (χ3n) is 6.78. The molecule has 3 aromatic carbocycles. The summed E-state index contributed by atoms with van der Waals surface area (Å²) in [5, 5.41) is 21.0. The van der Waals surface area contributed by atoms with Crippen LogP contribution in [0, 0.1) is 22.7 Å². The molecule has 0 saturated heterocycles. The van der Waals surface area contributed by atoms with Gasteiger partial charge in [-0.2, -0.15) is 10.5 Å². The lowest BCUT2D eigenvalue weighted by Crippen LogP contribution is -2.36. The van der Waals surface area contributed by atoms with Crippen LogP contribution in [-0.2, 0) is 17.8 Å². The van der Waals surface area contributed by atoms with Gasteiger partial charge < -0.3 is 9.47 Å². The predicted octanol–water partition coefficient (Wildman–Crippen LogP) is 5.10. The fourth-order valence-electron chi connectivity index (χ4n) is 4.81. The highest BCUT2D eigenvalue weighted by atomic mass is 16.2. The molecule has 2 heterocycles. The molecule has 0 atom stereocenters. The first-order valence-electron chi connectivity index (χ1n) is 12.0. The number of carbonyl (C=O) groups is 1. The molecule has 5 rings (SSSR count). The van der Waals surface area contributed by atoms with Crippen LogP contribution in [0.2, 0.25) is 0 Å². The molecule has 0 bridgehead atoms. The molecule has 1 aliphatic heterocycles. The van der Waals surface area contributed by atoms with Gasteiger partial charge in [-0.15, -0.1) is 0 Å². The van der Waals surface area contributed by atoms with Gasteiger partial charge in [0.25, 0.3) is 0 Å². The molecule has 1 aromatic heterocycles. The van der Waals surface area contributed by atoms with Crippen LogP contribution >= 0.6 is 0 Å². The fraction of sp³-hybridized carbons (Fsp3) is 0.200. The quantitative estimate of drug-likeness (QED) is 0.392. The van der Waals surface area contributed by atoms with Crippen molar-refractivity contribution in [2.45, 2.75) is 25.8 Å². The number of imidazole rings is 1. The molecule has 0 N–H and O–H groups in total. The monoisotopic (exact) mass is 471 g/mol. The van der Waals surface area contributed by atoms with E-state index in [9.17, 15) is 10.1 Å². The third kappa shape index (κ3) is 4.76. The van der Waals surface area contributed by atoms with E-state index in [-0.39, 0.29) is 5.91 Å². The van der Waals surface area contributed by atoms with Crippen LogP contribution in [0.4, 0.5) is 0 Å². The summed E-state index contributed by atoms with van der Waals surface area (Å²) in [5.41, 5.74) is 5.43. The minimum atomic E-state index is 0.0795. The Kier molecular flexibility index (Phi) is 6.60. The second-order valence-electron chi connectivity index (χ2n) is 8.98. The van der Waals surface area contributed by atoms with E-state index in [1.165, 1.54) is 0 Å². The van der Waals surface area contributed by atoms with E-state index < -0.39 is 0 Å². The number of amides is 1. The molecule has 176 valence electrons. The summed E-state index contributed by atoms with van der Waals surface area (Å²) in [4.78, 5) is 19.4. The first-order chi connectivity index (χ1) is 17.7. The second kappa shape index (κ2) is 10.3. The Morgan fingerprint density at radius 1 is 0.972 bits per heavy atom. The maximum atomic E-state index is 13.2. The van der Waals surface area contributed by atoms with Gasteiger partial charge in [-0.25, -0.2) is 4.98 Å². The van der Waals surface area contributed by atoms with E-state index in [2.05, 4.69) is 35.3 Å². The third-order valence-corrected chi connectivity index (χ3v) is 6.78. The number of fused-ring (bicyclic) bond motifs is 1. The van der Waals surface area contributed by atoms with Gasteiger partial charge in [0.15, 0.2) is 0 Å². The molecule has 1 amide bonds. The zero-order valence-corrected chi connectivity index (χ0v) is 19.9. The van der Waals surface area contributed by atoms with Crippen molar-refractivity contribution < 1.29 is 4.79 Å². The maximum Gasteiger partial charge on any atom is 0.223 e. The van der Waals surface area contributed by atoms with Gasteiger partial charge in [0.1, 0.15) is 0 Å². The lowest BCUT2D eigenvalue weighted by Gasteiger charge is -2.30. The highest BCUT2D eigenvalue weighted by molar-refractivity contribution is 5.96. The Hall–Kier alpha value is -4.68. The average molecular weight is 472 g/mol. The van der Waals surface area contributed by atoms with Crippen LogP contribution in [0.5, 0.6) is 0 Å². The molecular weight excluding hydrogens is 446 g/mol. The van der Waals surface area contributed by atoms with Gasteiger partial charge >= 0.3 is 0 Å². The molecule has 0 unspecified atom stereocenters. The summed E-state index contributed by atoms with van der Waals surface area (Å²) < 4.78 is 2.04. The number of nitrogens with zero attached hydrogens (tertiary/aromatic N) is 5. The number of carbonyl (C=O) groups excluding carboxylic acids is 1. The van der Waals surface area contributed by atoms with Gasteiger partial charge in [0.2, 0.25) is 5.91 Å². The van der Waals surface area contributed by atoms with Gasteiger partial charge in [0, 0.05) is 49.9 Å². The van der Waals surface area contributed by atoms with E-state index in [1.807, 2.05) is 64.2 Å². The Morgan fingerprint density at radius 2 is 1.78 bits per heavy atom. The van der Waals surface area contributed by atoms with Gasteiger partial charge in [0.05, 0.1) is 24.0 Å². The molecule has 6 heteroatoms. The lowest BCUT2D eigenvalue weighted by atomic mass is 9.91. The van der Waals surface area contributed by atoms with Crippen molar-refractivity contribution in [3.63, 3.8) is 0 Å². The first-order valence-corrected chi connectivity index (χ1v) is 12.0. The van der Waals surface area contributed by atoms with Crippen LogP contribution in [0.1, 0.15) is 35.2 Å². The van der Waals surface area contributed by atoms with Crippen LogP contribution in [0.25, 0.3) is 16.3 Å². The van der Waals surface area contributed by atoms with Crippen molar-refractivity contribution in [3.8, 4) is 12.1 Å². The lowest BCUT2D eigenvalue weighted by molar-refractivity contribution is -0.130. The zero-order valence-electron chi connectivity index (χ0n) is 19.9. The van der Waals surface area contributed by atoms with Crippen molar-refractivity contribution in [1.29, 1.82) is 10.5 Å². The summed E-state index contributed by atoms with van der Waals surface area (Å²) >= 11 is 0. The number of benzene rings is 3. The number of rotatable bonds is 6. The first kappa shape index (κ1) is 23.1. The van der Waals surface area contributed by atoms with E-state index in [0.29, 0.717) is 44.5 Å². The highest BCUT2D eigenvalue weighted by Gasteiger charge is 2.24. The minimum Gasteiger partial charge on any atom is -0.338 e. The van der Waals surface area contributed by atoms with Crippen molar-refractivity contribution in [3.05, 3.63) is 107 Å². The van der Waals surface area contributed by atoms with Gasteiger partial charge in [-0.1, -0.05) is 54.6 Å². The summed E-state index contributed by atoms with van der Waals surface area (Å²) in [7, 11) is 0. The summed E-state index contributed by atoms with van der Waals surface area (Å²) in [6.45, 7) is 1.64. The zero-order chi connectivity index (χ0) is 24.9. The van der Waals surface area contributed by atoms with Crippen molar-refractivity contribution >= 4 is 22.3 Å². The molecule has 36 heavy (non-hydrogen) atoms. The number of aryl methyl sites for hydroxylation is 1. The Labute approximate surface area is 210 Å². The standard InChI is InChI=1S/C30H25N5O/c31-16-22-8-10-23(11-9-22)19-35-21-33-18-26(35)12-13-30(36)34-15-14-25(17-32)29(20-34)28-7-3-5-24-4-1-2-6-27(24)28/h1-11,18,21H,12-15,19-20H2. The SMILES string of the molecule is N#CC1=C(c2cccc3ccccc23)CN(C(=O)CCc2cncn2Cc2ccc(C#N)cc2)CC1. The normalized spacial score (nSPS) is 13.4. The molecular formula is C30H25N5O. The van der Waals surface area contributed by atoms with E-state index in [0.717, 1.165) is 38.7 Å². The van der Waals surface area contributed by atoms with Crippen LogP contribution < -0.4 is 0 Å². The van der Waals surface area contributed by atoms with Gasteiger partial charge in [-0.05, 0) is 46.0 Å². The molecule has 0 fully saturated rings. The number of hydrogen-bond acceptors (Lipinski definition) is 4. The van der Waals surface area contributed by atoms with E-state index in [4.69, 9.17) is 5.26 Å². The molecule has 0 spiro atoms. The molecule has 4 aromatic rings. The summed E-state index contributed by atoms with van der Waals surface area (Å²) in [5.74, 6) is 0.0795. The molecule has 0 saturated carbocycles. The van der Waals surface area contributed by atoms with Crippen molar-refractivity contribution in [1.82, 2.24) is 14.5 Å². The number of aromatic nitrogens is 2. The molecule has 0 aliphatic carbocycles. The average Bonchev–Trinajstić information content (AvgIpc) is 3.38. The van der Waals surface area contributed by atoms with Gasteiger partial charge in [-0.3, -0.25) is 4.79 Å². The smallest absolute Gasteiger partial charge is 0.223 e. The number of nitriles is 2. The van der Waals surface area contributed by atoms with Crippen LogP contribution in [0.15, 0.2) is 84.8 Å². The summed E-state index contributed by atoms with van der Waals surface area (Å²) in [6, 6.07) is 26.3. The topological polar surface area (TPSA) is 85.7 Å². The highest BCUT2D eigenvalue weighted by Crippen LogP contribution is 2.32. The fourth-order valence-corrected chi connectivity index (χ4v) is 4.81. The summed E-state index contributed by atoms with van der Waals surface area (Å²) in [6.07, 6.45) is 5.12. The Morgan fingerprint density at radius 3 is 2.58 bits per heavy atom. The minimum absolute atomic E-state index is 0.0795. The van der Waals surface area contributed by atoms with E-state index >= 15 is 0 Å². The molecule has 0 radical (unpaired) electrons. The van der Waals surface area contributed by atoms with E-state index in [1.54, 1.807) is 6.33 Å². The second-order valence-corrected chi connectivity index (χ2v) is 8.98. The number of hydrogen-bond donors (Lipinski definition) is 0. The predicted molar refractivity (Wildman–Crippen MR) is 138 cm³/mol. The largest absolute Gasteiger partial charge is 0.338 e. The van der Waals surface area contributed by atoms with Crippen molar-refractivity contribution in [2.24, 2.45) is 0 Å². The van der Waals surface area contributed by atoms with Crippen molar-refractivity contribution in [2.75, 3.05) is 13.1 Å². The molecule has 1 aliphatic rings.